The molecule has 1 aromatic heterocycles. The van der Waals surface area contributed by atoms with Gasteiger partial charge in [0, 0.05) is 17.3 Å². The topological polar surface area (TPSA) is 80.9 Å². The minimum absolute atomic E-state index is 0.0625. The van der Waals surface area contributed by atoms with E-state index in [0.717, 1.165) is 15.7 Å². The van der Waals surface area contributed by atoms with Crippen molar-refractivity contribution in [1.82, 2.24) is 9.36 Å². The lowest BCUT2D eigenvalue weighted by Crippen LogP contribution is -2.42. The van der Waals surface area contributed by atoms with Crippen molar-refractivity contribution in [2.75, 3.05) is 20.8 Å². The number of terminal acetylenes is 1. The Morgan fingerprint density at radius 2 is 1.64 bits per heavy atom. The molecule has 4 aromatic rings. The second kappa shape index (κ2) is 11.7. The zero-order valence-electron chi connectivity index (χ0n) is 23.6. The van der Waals surface area contributed by atoms with Gasteiger partial charge in [0.2, 0.25) is 0 Å². The molecule has 0 unspecified atom stereocenters. The summed E-state index contributed by atoms with van der Waals surface area (Å²) in [4.78, 5) is 24.1. The van der Waals surface area contributed by atoms with Gasteiger partial charge in [-0.15, -0.1) is 6.42 Å². The number of methoxy groups -OCH3 is 2. The molecule has 3 aromatic carbocycles. The molecule has 0 aliphatic carbocycles. The number of nitrogens with zero attached hydrogens (tertiary/aromatic N) is 2. The molecule has 1 fully saturated rings. The summed E-state index contributed by atoms with van der Waals surface area (Å²) >= 11 is 0. The Labute approximate surface area is 242 Å². The highest BCUT2D eigenvalue weighted by atomic mass is 19.2. The van der Waals surface area contributed by atoms with Gasteiger partial charge in [-0.1, -0.05) is 88.0 Å². The van der Waals surface area contributed by atoms with Crippen molar-refractivity contribution in [2.45, 2.75) is 37.2 Å². The quantitative estimate of drug-likeness (QED) is 0.213. The molecule has 216 valence electrons. The summed E-state index contributed by atoms with van der Waals surface area (Å²) in [6.45, 7) is 1.34. The highest BCUT2D eigenvalue weighted by Gasteiger charge is 2.46. The standard InChI is InChI=1S/C33H31FN2O6/c1-5-32(20-19-28(42-32)35-21-23(2)30(37)36(34)31(35)38)22-41-33(24-13-8-6-9-14-24,25-15-10-7-11-16-25)26-17-12-18-27(39-3)29(26)40-4/h1,6-18,21,28H,19-20,22H2,2-4H3/t28-,32+/m1/s1. The molecule has 42 heavy (non-hydrogen) atoms. The summed E-state index contributed by atoms with van der Waals surface area (Å²) < 4.78 is 40.1. The first-order valence-electron chi connectivity index (χ1n) is 13.4. The van der Waals surface area contributed by atoms with Crippen LogP contribution in [0.25, 0.3) is 0 Å². The molecule has 0 saturated carbocycles. The summed E-state index contributed by atoms with van der Waals surface area (Å²) in [6, 6.07) is 24.9. The van der Waals surface area contributed by atoms with Crippen LogP contribution in [0.4, 0.5) is 4.48 Å². The maximum absolute atomic E-state index is 14.3. The number of hydrogen-bond donors (Lipinski definition) is 0. The average Bonchev–Trinajstić information content (AvgIpc) is 3.47. The fraction of sp³-hybridized carbons (Fsp3) is 0.273. The fourth-order valence-electron chi connectivity index (χ4n) is 5.51. The first kappa shape index (κ1) is 28.9. The Morgan fingerprint density at radius 3 is 2.21 bits per heavy atom. The van der Waals surface area contributed by atoms with Crippen molar-refractivity contribution in [1.29, 1.82) is 0 Å². The lowest BCUT2D eigenvalue weighted by atomic mass is 9.79. The minimum Gasteiger partial charge on any atom is -0.493 e. The number of para-hydroxylation sites is 1. The third-order valence-corrected chi connectivity index (χ3v) is 7.63. The van der Waals surface area contributed by atoms with Crippen LogP contribution in [0.15, 0.2) is 94.6 Å². The number of hydrogen-bond acceptors (Lipinski definition) is 6. The van der Waals surface area contributed by atoms with E-state index in [-0.39, 0.29) is 12.2 Å². The summed E-state index contributed by atoms with van der Waals surface area (Å²) in [6.07, 6.45) is 7.08. The third-order valence-electron chi connectivity index (χ3n) is 7.63. The Hall–Kier alpha value is -4.65. The molecular weight excluding hydrogens is 539 g/mol. The maximum Gasteiger partial charge on any atom is 0.362 e. The number of ether oxygens (including phenoxy) is 4. The molecule has 5 rings (SSSR count). The largest absolute Gasteiger partial charge is 0.493 e. The molecule has 0 N–H and O–H groups in total. The van der Waals surface area contributed by atoms with E-state index in [4.69, 9.17) is 25.4 Å². The van der Waals surface area contributed by atoms with Gasteiger partial charge >= 0.3 is 5.69 Å². The van der Waals surface area contributed by atoms with Gasteiger partial charge in [-0.05, 0) is 37.0 Å². The van der Waals surface area contributed by atoms with Gasteiger partial charge in [-0.25, -0.2) is 4.79 Å². The highest BCUT2D eigenvalue weighted by Crippen LogP contribution is 2.48. The van der Waals surface area contributed by atoms with E-state index >= 15 is 0 Å². The van der Waals surface area contributed by atoms with Gasteiger partial charge < -0.3 is 18.9 Å². The van der Waals surface area contributed by atoms with Crippen molar-refractivity contribution < 1.29 is 23.4 Å². The lowest BCUT2D eigenvalue weighted by Gasteiger charge is -2.39. The maximum atomic E-state index is 14.3. The van der Waals surface area contributed by atoms with Crippen molar-refractivity contribution >= 4 is 0 Å². The van der Waals surface area contributed by atoms with Crippen LogP contribution in [-0.4, -0.2) is 35.8 Å². The van der Waals surface area contributed by atoms with Gasteiger partial charge in [0.1, 0.15) is 11.8 Å². The van der Waals surface area contributed by atoms with Gasteiger partial charge in [0.25, 0.3) is 5.56 Å². The Morgan fingerprint density at radius 1 is 1.00 bits per heavy atom. The first-order chi connectivity index (χ1) is 20.3. The molecule has 2 atom stereocenters. The number of aromatic nitrogens is 2. The molecule has 0 amide bonds. The van der Waals surface area contributed by atoms with Crippen LogP contribution in [-0.2, 0) is 15.1 Å². The lowest BCUT2D eigenvalue weighted by molar-refractivity contribution is -0.110. The Kier molecular flexibility index (Phi) is 8.03. The molecule has 9 heteroatoms. The molecular formula is C33H31FN2O6. The molecule has 2 heterocycles. The van der Waals surface area contributed by atoms with Crippen LogP contribution in [0.3, 0.4) is 0 Å². The first-order valence-corrected chi connectivity index (χ1v) is 13.4. The molecule has 0 spiro atoms. The SMILES string of the molecule is C#C[C@@]1(COC(c2ccccc2)(c2ccccc2)c2cccc(OC)c2OC)CC[C@H](n2cc(C)c(=O)n(F)c2=O)O1. The number of halogens is 1. The predicted molar refractivity (Wildman–Crippen MR) is 155 cm³/mol. The highest BCUT2D eigenvalue weighted by molar-refractivity contribution is 5.57. The van der Waals surface area contributed by atoms with E-state index in [2.05, 4.69) is 5.92 Å². The van der Waals surface area contributed by atoms with E-state index in [1.165, 1.54) is 13.1 Å². The van der Waals surface area contributed by atoms with Gasteiger partial charge in [0.15, 0.2) is 17.1 Å². The molecule has 0 bridgehead atoms. The van der Waals surface area contributed by atoms with Crippen LogP contribution in [0.2, 0.25) is 0 Å². The predicted octanol–water partition coefficient (Wildman–Crippen LogP) is 4.76. The second-order valence-corrected chi connectivity index (χ2v) is 10.1. The van der Waals surface area contributed by atoms with E-state index < -0.39 is 33.5 Å². The summed E-state index contributed by atoms with van der Waals surface area (Å²) in [5.74, 6) is 3.74. The molecule has 8 nitrogen and oxygen atoms in total. The van der Waals surface area contributed by atoms with Crippen LogP contribution in [0, 0.1) is 19.3 Å². The Bertz CT molecular complexity index is 1690. The minimum atomic E-state index is -1.27. The van der Waals surface area contributed by atoms with E-state index in [0.29, 0.717) is 29.9 Å². The Balaban J connectivity index is 1.63. The van der Waals surface area contributed by atoms with Gasteiger partial charge in [-0.3, -0.25) is 9.36 Å². The van der Waals surface area contributed by atoms with E-state index in [1.807, 2.05) is 72.8 Å². The number of rotatable bonds is 9. The monoisotopic (exact) mass is 570 g/mol. The molecule has 0 radical (unpaired) electrons. The summed E-state index contributed by atoms with van der Waals surface area (Å²) in [7, 11) is 3.14. The smallest absolute Gasteiger partial charge is 0.362 e. The van der Waals surface area contributed by atoms with Crippen LogP contribution in [0.1, 0.15) is 41.3 Å². The van der Waals surface area contributed by atoms with Gasteiger partial charge in [-0.2, -0.15) is 0 Å². The summed E-state index contributed by atoms with van der Waals surface area (Å²) in [5.41, 5.74) is -2.28. The van der Waals surface area contributed by atoms with Crippen molar-refractivity contribution in [2.24, 2.45) is 0 Å². The van der Waals surface area contributed by atoms with Crippen molar-refractivity contribution in [3.63, 3.8) is 0 Å². The van der Waals surface area contributed by atoms with E-state index in [9.17, 15) is 14.1 Å². The molecule has 1 aliphatic heterocycles. The van der Waals surface area contributed by atoms with Crippen molar-refractivity contribution in [3.8, 4) is 23.8 Å². The summed E-state index contributed by atoms with van der Waals surface area (Å²) in [5, 5.41) is 0. The third kappa shape index (κ3) is 4.89. The van der Waals surface area contributed by atoms with Crippen LogP contribution >= 0.6 is 0 Å². The zero-order valence-corrected chi connectivity index (χ0v) is 23.6. The van der Waals surface area contributed by atoms with Gasteiger partial charge in [0.05, 0.1) is 20.8 Å². The van der Waals surface area contributed by atoms with E-state index in [1.54, 1.807) is 20.3 Å². The number of aryl methyl sites for hydroxylation is 1. The molecule has 1 aliphatic rings. The fourth-order valence-corrected chi connectivity index (χ4v) is 5.51. The number of benzene rings is 3. The van der Waals surface area contributed by atoms with Crippen molar-refractivity contribution in [3.05, 3.63) is 128 Å². The normalized spacial score (nSPS) is 18.4. The molecule has 1 saturated heterocycles. The zero-order chi connectivity index (χ0) is 29.9. The average molecular weight is 571 g/mol. The second-order valence-electron chi connectivity index (χ2n) is 10.1. The van der Waals surface area contributed by atoms with Crippen LogP contribution < -0.4 is 20.7 Å². The van der Waals surface area contributed by atoms with Crippen LogP contribution in [0.5, 0.6) is 11.5 Å².